The van der Waals surface area contributed by atoms with E-state index in [-0.39, 0.29) is 0 Å². The van der Waals surface area contributed by atoms with E-state index in [4.69, 9.17) is 0 Å². The Morgan fingerprint density at radius 3 is 1.87 bits per heavy atom. The highest BCUT2D eigenvalue weighted by atomic mass is 14.1. The highest BCUT2D eigenvalue weighted by Gasteiger charge is 2.06. The van der Waals surface area contributed by atoms with Crippen LogP contribution in [0, 0.1) is 0 Å². The van der Waals surface area contributed by atoms with Crippen LogP contribution in [0.3, 0.4) is 0 Å². The molecule has 0 saturated heterocycles. The van der Waals surface area contributed by atoms with Gasteiger partial charge in [-0.2, -0.15) is 0 Å². The van der Waals surface area contributed by atoms with Crippen LogP contribution in [0.4, 0.5) is 0 Å². The molecule has 0 aromatic heterocycles. The highest BCUT2D eigenvalue weighted by molar-refractivity contribution is 5.40. The molecule has 0 N–H and O–H groups in total. The second-order valence-electron chi connectivity index (χ2n) is 3.95. The third-order valence-electron chi connectivity index (χ3n) is 2.99. The highest BCUT2D eigenvalue weighted by Crippen LogP contribution is 2.20. The zero-order chi connectivity index (χ0) is 11.3. The Hall–Kier alpha value is -1.04. The maximum Gasteiger partial charge on any atom is -0.00999 e. The Bertz CT molecular complexity index is 309. The average molecular weight is 202 g/mol. The van der Waals surface area contributed by atoms with Gasteiger partial charge in [0.15, 0.2) is 0 Å². The summed E-state index contributed by atoms with van der Waals surface area (Å²) >= 11 is 0. The Morgan fingerprint density at radius 1 is 1.00 bits per heavy atom. The van der Waals surface area contributed by atoms with Crippen molar-refractivity contribution in [1.29, 1.82) is 0 Å². The molecule has 0 atom stereocenters. The van der Waals surface area contributed by atoms with E-state index in [9.17, 15) is 0 Å². The third kappa shape index (κ3) is 2.71. The van der Waals surface area contributed by atoms with Crippen molar-refractivity contribution in [3.63, 3.8) is 0 Å². The van der Waals surface area contributed by atoms with Gasteiger partial charge in [0, 0.05) is 0 Å². The minimum atomic E-state index is 0.990. The van der Waals surface area contributed by atoms with E-state index < -0.39 is 0 Å². The lowest BCUT2D eigenvalue weighted by Crippen LogP contribution is -2.00. The normalized spacial score (nSPS) is 10.3. The fraction of sp³-hybridized carbons (Fsp3) is 0.467. The summed E-state index contributed by atoms with van der Waals surface area (Å²) in [6.45, 7) is 10.5. The first-order valence-corrected chi connectivity index (χ1v) is 6.01. The lowest BCUT2D eigenvalue weighted by atomic mass is 9.92. The fourth-order valence-electron chi connectivity index (χ4n) is 2.24. The second kappa shape index (κ2) is 5.75. The quantitative estimate of drug-likeness (QED) is 0.630. The smallest absolute Gasteiger partial charge is 0.00999 e. The van der Waals surface area contributed by atoms with Crippen LogP contribution in [0.1, 0.15) is 43.0 Å². The van der Waals surface area contributed by atoms with Crippen molar-refractivity contribution in [3.05, 3.63) is 47.0 Å². The number of hydrogen-bond acceptors (Lipinski definition) is 0. The zero-order valence-electron chi connectivity index (χ0n) is 10.3. The molecule has 0 spiro atoms. The topological polar surface area (TPSA) is 0 Å². The lowest BCUT2D eigenvalue weighted by Gasteiger charge is -2.13. The molecular weight excluding hydrogens is 180 g/mol. The number of hydrogen-bond donors (Lipinski definition) is 0. The van der Waals surface area contributed by atoms with Gasteiger partial charge in [0.25, 0.3) is 0 Å². The van der Waals surface area contributed by atoms with Crippen LogP contribution in [-0.2, 0) is 25.7 Å². The second-order valence-corrected chi connectivity index (χ2v) is 3.95. The molecule has 0 aliphatic carbocycles. The summed E-state index contributed by atoms with van der Waals surface area (Å²) in [6, 6.07) is 4.69. The van der Waals surface area contributed by atoms with Gasteiger partial charge in [0.1, 0.15) is 0 Å². The first-order chi connectivity index (χ1) is 7.26. The SMILES string of the molecule is C=CCc1cc(CC)c(CC)c(CC)c1. The molecule has 0 fully saturated rings. The van der Waals surface area contributed by atoms with Crippen LogP contribution < -0.4 is 0 Å². The predicted molar refractivity (Wildman–Crippen MR) is 68.5 cm³/mol. The van der Waals surface area contributed by atoms with Crippen LogP contribution in [0.5, 0.6) is 0 Å². The fourth-order valence-corrected chi connectivity index (χ4v) is 2.24. The zero-order valence-corrected chi connectivity index (χ0v) is 10.3. The van der Waals surface area contributed by atoms with E-state index in [2.05, 4.69) is 39.5 Å². The molecule has 1 rings (SSSR count). The summed E-state index contributed by atoms with van der Waals surface area (Å²) in [7, 11) is 0. The van der Waals surface area contributed by atoms with Gasteiger partial charge in [-0.25, -0.2) is 0 Å². The molecule has 1 aromatic rings. The molecular formula is C15H22. The Balaban J connectivity index is 3.22. The van der Waals surface area contributed by atoms with Crippen molar-refractivity contribution in [2.75, 3.05) is 0 Å². The van der Waals surface area contributed by atoms with Gasteiger partial charge in [-0.15, -0.1) is 6.58 Å². The largest absolute Gasteiger partial charge is 0.103 e. The summed E-state index contributed by atoms with van der Waals surface area (Å²) in [5.74, 6) is 0. The molecule has 0 amide bonds. The van der Waals surface area contributed by atoms with Crippen LogP contribution >= 0.6 is 0 Å². The lowest BCUT2D eigenvalue weighted by molar-refractivity contribution is 0.970. The van der Waals surface area contributed by atoms with E-state index in [1.165, 1.54) is 16.7 Å². The van der Waals surface area contributed by atoms with Gasteiger partial charge in [-0.05, 0) is 47.9 Å². The molecule has 0 nitrogen and oxygen atoms in total. The summed E-state index contributed by atoms with van der Waals surface area (Å²) in [5.41, 5.74) is 6.02. The molecule has 1 aromatic carbocycles. The molecule has 0 bridgehead atoms. The monoisotopic (exact) mass is 202 g/mol. The van der Waals surface area contributed by atoms with Gasteiger partial charge < -0.3 is 0 Å². The summed E-state index contributed by atoms with van der Waals surface area (Å²) in [5, 5.41) is 0. The van der Waals surface area contributed by atoms with E-state index in [0.29, 0.717) is 0 Å². The average Bonchev–Trinajstić information content (AvgIpc) is 2.28. The van der Waals surface area contributed by atoms with Crippen molar-refractivity contribution < 1.29 is 0 Å². The Kier molecular flexibility index (Phi) is 4.61. The van der Waals surface area contributed by atoms with Crippen LogP contribution in [0.2, 0.25) is 0 Å². The van der Waals surface area contributed by atoms with Crippen LogP contribution in [0.25, 0.3) is 0 Å². The van der Waals surface area contributed by atoms with Crippen LogP contribution in [-0.4, -0.2) is 0 Å². The molecule has 15 heavy (non-hydrogen) atoms. The minimum Gasteiger partial charge on any atom is -0.103 e. The van der Waals surface area contributed by atoms with E-state index in [1.807, 2.05) is 6.08 Å². The Morgan fingerprint density at radius 2 is 1.53 bits per heavy atom. The van der Waals surface area contributed by atoms with Crippen molar-refractivity contribution in [1.82, 2.24) is 0 Å². The molecule has 0 heterocycles. The van der Waals surface area contributed by atoms with Gasteiger partial charge in [0.2, 0.25) is 0 Å². The predicted octanol–water partition coefficient (Wildman–Crippen LogP) is 4.10. The van der Waals surface area contributed by atoms with E-state index in [1.54, 1.807) is 5.56 Å². The molecule has 82 valence electrons. The molecule has 0 aliphatic heterocycles. The van der Waals surface area contributed by atoms with Crippen molar-refractivity contribution in [3.8, 4) is 0 Å². The van der Waals surface area contributed by atoms with E-state index in [0.717, 1.165) is 25.7 Å². The van der Waals surface area contributed by atoms with E-state index >= 15 is 0 Å². The first-order valence-electron chi connectivity index (χ1n) is 6.01. The van der Waals surface area contributed by atoms with Gasteiger partial charge in [0.05, 0.1) is 0 Å². The summed E-state index contributed by atoms with van der Waals surface area (Å²) in [6.07, 6.45) is 6.41. The maximum atomic E-state index is 3.81. The standard InChI is InChI=1S/C15H22/c1-5-9-12-10-13(6-2)15(8-4)14(7-3)11-12/h5,10-11H,1,6-9H2,2-4H3. The van der Waals surface area contributed by atoms with Gasteiger partial charge in [-0.3, -0.25) is 0 Å². The molecule has 0 heteroatoms. The number of rotatable bonds is 5. The van der Waals surface area contributed by atoms with Gasteiger partial charge in [-0.1, -0.05) is 39.0 Å². The number of aryl methyl sites for hydroxylation is 2. The van der Waals surface area contributed by atoms with Crippen LogP contribution in [0.15, 0.2) is 24.8 Å². The number of benzene rings is 1. The van der Waals surface area contributed by atoms with Gasteiger partial charge >= 0.3 is 0 Å². The molecule has 0 aliphatic rings. The van der Waals surface area contributed by atoms with Crippen molar-refractivity contribution in [2.45, 2.75) is 46.5 Å². The third-order valence-corrected chi connectivity index (χ3v) is 2.99. The number of allylic oxidation sites excluding steroid dienone is 1. The minimum absolute atomic E-state index is 0.990. The summed E-state index contributed by atoms with van der Waals surface area (Å²) < 4.78 is 0. The summed E-state index contributed by atoms with van der Waals surface area (Å²) in [4.78, 5) is 0. The molecule has 0 radical (unpaired) electrons. The first kappa shape index (κ1) is 12.0. The maximum absolute atomic E-state index is 3.81. The van der Waals surface area contributed by atoms with Crippen molar-refractivity contribution >= 4 is 0 Å². The molecule has 0 unspecified atom stereocenters. The van der Waals surface area contributed by atoms with Crippen molar-refractivity contribution in [2.24, 2.45) is 0 Å². The molecule has 0 saturated carbocycles. The Labute approximate surface area is 94.0 Å².